The number of hydrogen-bond donors (Lipinski definition) is 2. The summed E-state index contributed by atoms with van der Waals surface area (Å²) in [5.74, 6) is -1.25. The van der Waals surface area contributed by atoms with Gasteiger partial charge in [-0.15, -0.1) is 0 Å². The van der Waals surface area contributed by atoms with E-state index in [1.54, 1.807) is 0 Å². The maximum absolute atomic E-state index is 16.5. The molecule has 0 saturated heterocycles. The molecular weight excluding hydrogens is 673 g/mol. The number of rotatable bonds is 14. The van der Waals surface area contributed by atoms with Gasteiger partial charge in [0.1, 0.15) is 24.0 Å². The number of ketones is 1. The molecule has 0 radical (unpaired) electrons. The molecule has 0 spiro atoms. The number of aromatic nitrogens is 4. The van der Waals surface area contributed by atoms with Gasteiger partial charge in [-0.3, -0.25) is 13.7 Å². The maximum Gasteiger partial charge on any atom is 0.416 e. The summed E-state index contributed by atoms with van der Waals surface area (Å²) < 4.78 is 92.4. The first kappa shape index (κ1) is 37.6. The Labute approximate surface area is 279 Å². The predicted octanol–water partition coefficient (Wildman–Crippen LogP) is 5.89. The molecule has 3 N–H and O–H groups in total. The largest absolute Gasteiger partial charge is 0.416 e. The second kappa shape index (κ2) is 14.7. The van der Waals surface area contributed by atoms with Crippen molar-refractivity contribution in [2.75, 3.05) is 11.9 Å². The fraction of sp³-hybridized carbons (Fsp3) is 0.548. The molecule has 0 aliphatic heterocycles. The summed E-state index contributed by atoms with van der Waals surface area (Å²) in [7, 11) is -6.94. The van der Waals surface area contributed by atoms with Crippen LogP contribution in [0.1, 0.15) is 75.1 Å². The van der Waals surface area contributed by atoms with Crippen molar-refractivity contribution in [1.29, 1.82) is 0 Å². The minimum atomic E-state index is -4.50. The van der Waals surface area contributed by atoms with Crippen LogP contribution in [0, 0.1) is 5.92 Å². The highest BCUT2D eigenvalue weighted by Crippen LogP contribution is 2.46. The van der Waals surface area contributed by atoms with Gasteiger partial charge in [0.15, 0.2) is 0 Å². The number of nitrogens with two attached hydrogens (primary N) is 1. The Morgan fingerprint density at radius 2 is 1.79 bits per heavy atom. The van der Waals surface area contributed by atoms with Crippen LogP contribution >= 0.6 is 0 Å². The van der Waals surface area contributed by atoms with E-state index >= 15 is 4.39 Å². The summed E-state index contributed by atoms with van der Waals surface area (Å²) in [6.45, 7) is 11.9. The number of hydrogen-bond acceptors (Lipinski definition) is 9. The minimum absolute atomic E-state index is 0.00835. The summed E-state index contributed by atoms with van der Waals surface area (Å²) >= 11 is 0. The zero-order chi connectivity index (χ0) is 35.6. The zero-order valence-corrected chi connectivity index (χ0v) is 29.4. The molecule has 4 rings (SSSR count). The van der Waals surface area contributed by atoms with Crippen LogP contribution in [-0.2, 0) is 31.6 Å². The van der Waals surface area contributed by atoms with Gasteiger partial charge in [-0.25, -0.2) is 19.5 Å². The molecule has 1 fully saturated rings. The van der Waals surface area contributed by atoms with E-state index in [2.05, 4.69) is 61.9 Å². The van der Waals surface area contributed by atoms with E-state index in [-0.39, 0.29) is 53.3 Å². The molecule has 3 aromatic rings. The molecule has 264 valence electrons. The van der Waals surface area contributed by atoms with E-state index in [1.165, 1.54) is 41.6 Å². The van der Waals surface area contributed by atoms with Crippen molar-refractivity contribution in [3.8, 4) is 0 Å². The summed E-state index contributed by atoms with van der Waals surface area (Å²) in [5.41, 5.74) is -0.126. The third-order valence-corrected chi connectivity index (χ3v) is 15.5. The third kappa shape index (κ3) is 8.48. The van der Waals surface area contributed by atoms with Crippen molar-refractivity contribution >= 4 is 30.2 Å². The lowest BCUT2D eigenvalue weighted by molar-refractivity contribution is -0.137. The summed E-state index contributed by atoms with van der Waals surface area (Å²) in [4.78, 5) is 21.7. The van der Waals surface area contributed by atoms with E-state index in [9.17, 15) is 26.4 Å². The Kier molecular flexibility index (Phi) is 11.5. The number of alkyl halides is 4. The van der Waals surface area contributed by atoms with E-state index in [0.29, 0.717) is 5.56 Å². The van der Waals surface area contributed by atoms with E-state index in [4.69, 9.17) is 13.7 Å². The molecule has 11 nitrogen and oxygen atoms in total. The number of halogens is 4. The lowest BCUT2D eigenvalue weighted by atomic mass is 10.1. The van der Waals surface area contributed by atoms with Crippen molar-refractivity contribution in [2.24, 2.45) is 11.1 Å². The number of benzene rings is 1. The lowest BCUT2D eigenvalue weighted by Gasteiger charge is -2.45. The maximum atomic E-state index is 16.5. The number of carbonyl (C=O) groups excluding carboxylic acids is 1. The Balaban J connectivity index is 1.58. The molecule has 17 heteroatoms. The van der Waals surface area contributed by atoms with Gasteiger partial charge in [0.25, 0.3) is 0 Å². The summed E-state index contributed by atoms with van der Waals surface area (Å²) in [5, 5.41) is 12.4. The van der Waals surface area contributed by atoms with Gasteiger partial charge in [-0.2, -0.15) is 26.7 Å². The monoisotopic (exact) mass is 714 g/mol. The van der Waals surface area contributed by atoms with Crippen LogP contribution in [0.5, 0.6) is 0 Å². The van der Waals surface area contributed by atoms with Gasteiger partial charge >= 0.3 is 16.5 Å². The van der Waals surface area contributed by atoms with E-state index < -0.39 is 60.4 Å². The molecule has 0 bridgehead atoms. The lowest BCUT2D eigenvalue weighted by Crippen LogP contribution is -2.53. The number of carbonyl (C=O) groups is 1. The van der Waals surface area contributed by atoms with Gasteiger partial charge in [-0.1, -0.05) is 53.7 Å². The van der Waals surface area contributed by atoms with Crippen molar-refractivity contribution in [3.63, 3.8) is 0 Å². The fourth-order valence-electron chi connectivity index (χ4n) is 6.90. The molecule has 4 atom stereocenters. The van der Waals surface area contributed by atoms with Crippen LogP contribution in [0.2, 0.25) is 16.6 Å². The second-order valence-corrected chi connectivity index (χ2v) is 19.7. The highest BCUT2D eigenvalue weighted by molar-refractivity contribution is 7.84. The van der Waals surface area contributed by atoms with Crippen LogP contribution in [0.25, 0.3) is 0 Å². The van der Waals surface area contributed by atoms with Crippen LogP contribution in [0.15, 0.2) is 49.1 Å². The van der Waals surface area contributed by atoms with Crippen LogP contribution < -0.4 is 10.5 Å². The van der Waals surface area contributed by atoms with Gasteiger partial charge in [-0.05, 0) is 46.8 Å². The Hall–Kier alpha value is -3.25. The number of nitrogens with one attached hydrogen (secondary N) is 1. The Morgan fingerprint density at radius 1 is 1.12 bits per heavy atom. The Bertz CT molecular complexity index is 1670. The first-order valence-electron chi connectivity index (χ1n) is 15.6. The van der Waals surface area contributed by atoms with E-state index in [0.717, 1.165) is 12.1 Å². The third-order valence-electron chi connectivity index (χ3n) is 8.96. The fourth-order valence-corrected chi connectivity index (χ4v) is 12.9. The average Bonchev–Trinajstić information content (AvgIpc) is 3.57. The molecule has 1 saturated carbocycles. The van der Waals surface area contributed by atoms with E-state index in [1.807, 2.05) is 0 Å². The highest BCUT2D eigenvalue weighted by atomic mass is 32.2. The van der Waals surface area contributed by atoms with Gasteiger partial charge in [0.2, 0.25) is 14.1 Å². The molecular formula is C31H42F4N6O5SSi. The molecule has 1 aromatic carbocycles. The zero-order valence-electron chi connectivity index (χ0n) is 27.6. The first-order valence-corrected chi connectivity index (χ1v) is 19.2. The highest BCUT2D eigenvalue weighted by Gasteiger charge is 2.53. The number of nitrogens with zero attached hydrogens (tertiary/aromatic N) is 4. The van der Waals surface area contributed by atoms with Crippen molar-refractivity contribution in [1.82, 2.24) is 19.7 Å². The van der Waals surface area contributed by atoms with Gasteiger partial charge in [0, 0.05) is 18.3 Å². The molecule has 0 unspecified atom stereocenters. The first-order chi connectivity index (χ1) is 22.3. The predicted molar refractivity (Wildman–Crippen MR) is 174 cm³/mol. The number of anilines is 1. The Morgan fingerprint density at radius 3 is 2.40 bits per heavy atom. The smallest absolute Gasteiger partial charge is 0.410 e. The molecule has 48 heavy (non-hydrogen) atoms. The van der Waals surface area contributed by atoms with Crippen LogP contribution in [-0.4, -0.2) is 67.2 Å². The normalized spacial score (nSPS) is 20.6. The standard InChI is InChI=1S/C31H42F4N6O5SSi/c1-18(2)48(19(3)4,20(5)6)46-29-22(16-45-47(36,43)44)13-26(27(29)32)39-30-24(14-37-17-38-30)28(42)25-10-11-41(40-25)15-21-8-7-9-23(12-21)31(33,34)35/h7-12,14,17-20,22,26-27,29H,13,15-16H2,1-6H3,(H2,36,43,44)(H,37,38,39)/t22-,26-,27-,29-/m1/s1. The molecule has 0 amide bonds. The quantitative estimate of drug-likeness (QED) is 0.118. The molecule has 2 aromatic heterocycles. The second-order valence-electron chi connectivity index (χ2n) is 13.1. The molecule has 1 aliphatic rings. The SMILES string of the molecule is CC(C)[Si](O[C@@H]1[C@@H](COS(N)(=O)=O)C[C@@H](Nc2ncncc2C(=O)c2ccn(Cc3cccc(C(F)(F)F)c3)n2)[C@H]1F)(C(C)C)C(C)C. The van der Waals surface area contributed by atoms with Crippen LogP contribution in [0.3, 0.4) is 0 Å². The van der Waals surface area contributed by atoms with Crippen molar-refractivity contribution in [2.45, 2.75) is 95.6 Å². The van der Waals surface area contributed by atoms with Crippen LogP contribution in [0.4, 0.5) is 23.4 Å². The van der Waals surface area contributed by atoms with Gasteiger partial charge < -0.3 is 9.74 Å². The molecule has 2 heterocycles. The minimum Gasteiger partial charge on any atom is -0.410 e. The molecule has 1 aliphatic carbocycles. The summed E-state index contributed by atoms with van der Waals surface area (Å²) in [6, 6.07) is 5.28. The van der Waals surface area contributed by atoms with Gasteiger partial charge in [0.05, 0.1) is 36.4 Å². The summed E-state index contributed by atoms with van der Waals surface area (Å²) in [6.07, 6.45) is -3.15. The van der Waals surface area contributed by atoms with Crippen molar-refractivity contribution in [3.05, 3.63) is 71.4 Å². The average molecular weight is 715 g/mol. The topological polar surface area (TPSA) is 151 Å². The van der Waals surface area contributed by atoms with Crippen molar-refractivity contribution < 1.29 is 39.4 Å².